The molecule has 0 aromatic carbocycles. The van der Waals surface area contributed by atoms with Gasteiger partial charge in [0.1, 0.15) is 0 Å². The Balaban J connectivity index is 2.80. The highest BCUT2D eigenvalue weighted by Crippen LogP contribution is 2.24. The molecule has 2 amide bonds. The van der Waals surface area contributed by atoms with Crippen LogP contribution in [0, 0.1) is 0 Å². The molecule has 1 saturated heterocycles. The van der Waals surface area contributed by atoms with Gasteiger partial charge in [0.05, 0.1) is 26.3 Å². The summed E-state index contributed by atoms with van der Waals surface area (Å²) < 4.78 is 9.85. The van der Waals surface area contributed by atoms with Gasteiger partial charge in [0.15, 0.2) is 0 Å². The molecule has 0 N–H and O–H groups in total. The van der Waals surface area contributed by atoms with Crippen LogP contribution in [0.3, 0.4) is 0 Å². The third-order valence-electron chi connectivity index (χ3n) is 2.34. The minimum absolute atomic E-state index is 0.0487. The maximum absolute atomic E-state index is 11.8. The van der Waals surface area contributed by atoms with Crippen molar-refractivity contribution < 1.29 is 19.1 Å². The number of amides is 2. The normalized spacial score (nSPS) is 23.8. The van der Waals surface area contributed by atoms with Crippen LogP contribution in [-0.2, 0) is 9.47 Å². The molecule has 8 heteroatoms. The molecular weight excluding hydrogens is 372 g/mol. The van der Waals surface area contributed by atoms with Crippen LogP contribution in [0.25, 0.3) is 0 Å². The van der Waals surface area contributed by atoms with E-state index in [2.05, 4.69) is 31.9 Å². The molecule has 1 aliphatic rings. The average molecular weight is 388 g/mol. The SMILES string of the molecule is CCOC(=O)N1CC(Br)C(Br)CN1C(=O)OCC. The first kappa shape index (κ1) is 15.6. The van der Waals surface area contributed by atoms with Crippen molar-refractivity contribution in [2.24, 2.45) is 0 Å². The van der Waals surface area contributed by atoms with E-state index >= 15 is 0 Å². The summed E-state index contributed by atoms with van der Waals surface area (Å²) in [6.07, 6.45) is -1.09. The molecule has 0 aliphatic carbocycles. The zero-order valence-electron chi connectivity index (χ0n) is 10.3. The molecule has 1 fully saturated rings. The molecule has 1 aliphatic heterocycles. The largest absolute Gasteiger partial charge is 0.448 e. The quantitative estimate of drug-likeness (QED) is 0.682. The lowest BCUT2D eigenvalue weighted by molar-refractivity contribution is -0.0315. The van der Waals surface area contributed by atoms with Crippen molar-refractivity contribution in [1.82, 2.24) is 10.0 Å². The Hall–Kier alpha value is -0.500. The summed E-state index contributed by atoms with van der Waals surface area (Å²) in [5.41, 5.74) is 0. The molecule has 18 heavy (non-hydrogen) atoms. The summed E-state index contributed by atoms with van der Waals surface area (Å²) in [4.78, 5) is 23.7. The summed E-state index contributed by atoms with van der Waals surface area (Å²) in [5, 5.41) is 2.53. The van der Waals surface area contributed by atoms with Crippen LogP contribution < -0.4 is 0 Å². The van der Waals surface area contributed by atoms with Crippen molar-refractivity contribution in [3.05, 3.63) is 0 Å². The summed E-state index contributed by atoms with van der Waals surface area (Å²) in [7, 11) is 0. The van der Waals surface area contributed by atoms with Gasteiger partial charge in [-0.05, 0) is 13.8 Å². The lowest BCUT2D eigenvalue weighted by Gasteiger charge is -2.40. The Morgan fingerprint density at radius 2 is 1.33 bits per heavy atom. The molecule has 2 atom stereocenters. The molecule has 1 rings (SSSR count). The van der Waals surface area contributed by atoms with E-state index < -0.39 is 12.2 Å². The Kier molecular flexibility index (Phi) is 6.20. The highest BCUT2D eigenvalue weighted by molar-refractivity contribution is 9.12. The zero-order chi connectivity index (χ0) is 13.7. The molecule has 0 spiro atoms. The molecule has 2 unspecified atom stereocenters. The average Bonchev–Trinajstić information content (AvgIpc) is 2.32. The minimum Gasteiger partial charge on any atom is -0.448 e. The first-order chi connectivity index (χ1) is 8.51. The predicted molar refractivity (Wildman–Crippen MR) is 72.9 cm³/mol. The smallest absolute Gasteiger partial charge is 0.428 e. The molecular formula is C10H16Br2N2O4. The van der Waals surface area contributed by atoms with Gasteiger partial charge >= 0.3 is 12.2 Å². The maximum Gasteiger partial charge on any atom is 0.428 e. The van der Waals surface area contributed by atoms with Gasteiger partial charge in [-0.25, -0.2) is 19.6 Å². The number of halogens is 2. The second-order valence-electron chi connectivity index (χ2n) is 3.59. The van der Waals surface area contributed by atoms with Crippen LogP contribution in [-0.4, -0.2) is 58.2 Å². The summed E-state index contributed by atoms with van der Waals surface area (Å²) in [6, 6.07) is 0. The lowest BCUT2D eigenvalue weighted by Crippen LogP contribution is -2.59. The number of alkyl halides is 2. The van der Waals surface area contributed by atoms with Crippen LogP contribution in [0.1, 0.15) is 13.8 Å². The molecule has 1 heterocycles. The summed E-state index contributed by atoms with van der Waals surface area (Å²) in [5.74, 6) is 0. The number of hydrogen-bond donors (Lipinski definition) is 0. The van der Waals surface area contributed by atoms with Crippen molar-refractivity contribution >= 4 is 44.0 Å². The highest BCUT2D eigenvalue weighted by atomic mass is 79.9. The monoisotopic (exact) mass is 386 g/mol. The summed E-state index contributed by atoms with van der Waals surface area (Å²) >= 11 is 6.91. The standard InChI is InChI=1S/C10H16Br2N2O4/c1-3-17-9(15)13-5-7(11)8(12)6-14(13)10(16)18-4-2/h7-8H,3-6H2,1-2H3. The Morgan fingerprint density at radius 3 is 1.61 bits per heavy atom. The first-order valence-electron chi connectivity index (χ1n) is 5.67. The molecule has 104 valence electrons. The van der Waals surface area contributed by atoms with Gasteiger partial charge in [0.2, 0.25) is 0 Å². The molecule has 0 aromatic rings. The van der Waals surface area contributed by atoms with E-state index in [4.69, 9.17) is 9.47 Å². The Bertz CT molecular complexity index is 286. The van der Waals surface area contributed by atoms with E-state index in [1.807, 2.05) is 0 Å². The molecule has 6 nitrogen and oxygen atoms in total. The van der Waals surface area contributed by atoms with Crippen molar-refractivity contribution in [1.29, 1.82) is 0 Å². The molecule has 0 saturated carbocycles. The van der Waals surface area contributed by atoms with Crippen molar-refractivity contribution in [3.63, 3.8) is 0 Å². The first-order valence-corrected chi connectivity index (χ1v) is 7.51. The number of ether oxygens (including phenoxy) is 2. The van der Waals surface area contributed by atoms with Crippen LogP contribution in [0.5, 0.6) is 0 Å². The number of carbonyl (C=O) groups is 2. The molecule has 0 radical (unpaired) electrons. The van der Waals surface area contributed by atoms with Crippen LogP contribution in [0.4, 0.5) is 9.59 Å². The highest BCUT2D eigenvalue weighted by Gasteiger charge is 2.38. The fourth-order valence-electron chi connectivity index (χ4n) is 1.50. The number of hydrogen-bond acceptors (Lipinski definition) is 4. The zero-order valence-corrected chi connectivity index (χ0v) is 13.4. The van der Waals surface area contributed by atoms with E-state index in [0.29, 0.717) is 13.1 Å². The third-order valence-corrected chi connectivity index (χ3v) is 4.90. The van der Waals surface area contributed by atoms with E-state index in [1.165, 1.54) is 10.0 Å². The van der Waals surface area contributed by atoms with Crippen LogP contribution in [0.15, 0.2) is 0 Å². The topological polar surface area (TPSA) is 59.1 Å². The van der Waals surface area contributed by atoms with Gasteiger partial charge in [0, 0.05) is 9.65 Å². The van der Waals surface area contributed by atoms with Crippen molar-refractivity contribution in [2.45, 2.75) is 23.5 Å². The third kappa shape index (κ3) is 3.74. The molecule has 0 bridgehead atoms. The Labute approximate surface area is 123 Å². The maximum atomic E-state index is 11.8. The van der Waals surface area contributed by atoms with Gasteiger partial charge < -0.3 is 9.47 Å². The van der Waals surface area contributed by atoms with E-state index in [-0.39, 0.29) is 22.9 Å². The Morgan fingerprint density at radius 1 is 1.00 bits per heavy atom. The lowest BCUT2D eigenvalue weighted by atomic mass is 10.2. The van der Waals surface area contributed by atoms with E-state index in [1.54, 1.807) is 13.8 Å². The van der Waals surface area contributed by atoms with Crippen molar-refractivity contribution in [3.8, 4) is 0 Å². The van der Waals surface area contributed by atoms with Crippen LogP contribution in [0.2, 0.25) is 0 Å². The molecule has 0 aromatic heterocycles. The van der Waals surface area contributed by atoms with E-state index in [9.17, 15) is 9.59 Å². The number of carbonyl (C=O) groups excluding carboxylic acids is 2. The predicted octanol–water partition coefficient (Wildman–Crippen LogP) is 2.36. The second-order valence-corrected chi connectivity index (χ2v) is 5.95. The van der Waals surface area contributed by atoms with E-state index in [0.717, 1.165) is 0 Å². The summed E-state index contributed by atoms with van der Waals surface area (Å²) in [6.45, 7) is 4.64. The number of rotatable bonds is 2. The van der Waals surface area contributed by atoms with Gasteiger partial charge in [-0.3, -0.25) is 0 Å². The number of hydrazine groups is 1. The second kappa shape index (κ2) is 7.18. The fourth-order valence-corrected chi connectivity index (χ4v) is 2.38. The van der Waals surface area contributed by atoms with Gasteiger partial charge in [0.25, 0.3) is 0 Å². The van der Waals surface area contributed by atoms with Gasteiger partial charge in [-0.2, -0.15) is 0 Å². The van der Waals surface area contributed by atoms with Gasteiger partial charge in [-0.15, -0.1) is 0 Å². The van der Waals surface area contributed by atoms with Gasteiger partial charge in [-0.1, -0.05) is 31.9 Å². The minimum atomic E-state index is -0.547. The number of nitrogens with zero attached hydrogens (tertiary/aromatic N) is 2. The van der Waals surface area contributed by atoms with Crippen molar-refractivity contribution in [2.75, 3.05) is 26.3 Å². The van der Waals surface area contributed by atoms with Crippen LogP contribution >= 0.6 is 31.9 Å². The fraction of sp³-hybridized carbons (Fsp3) is 0.800.